The molecule has 1 aromatic rings. The van der Waals surface area contributed by atoms with Gasteiger partial charge >= 0.3 is 0 Å². The molecule has 2 aliphatic heterocycles. The Bertz CT molecular complexity index is 378. The Balaban J connectivity index is 1.47. The molecular weight excluding hydrogens is 228 g/mol. The summed E-state index contributed by atoms with van der Waals surface area (Å²) in [7, 11) is 0. The summed E-state index contributed by atoms with van der Waals surface area (Å²) in [6, 6.07) is 2.80. The van der Waals surface area contributed by atoms with Gasteiger partial charge < -0.3 is 9.84 Å². The lowest BCUT2D eigenvalue weighted by molar-refractivity contribution is 0.0966. The highest BCUT2D eigenvalue weighted by molar-refractivity contribution is 5.03. The van der Waals surface area contributed by atoms with Crippen LogP contribution in [0.25, 0.3) is 0 Å². The van der Waals surface area contributed by atoms with Gasteiger partial charge in [0, 0.05) is 51.4 Å². The first-order valence-electron chi connectivity index (χ1n) is 6.90. The van der Waals surface area contributed by atoms with Gasteiger partial charge in [0.2, 0.25) is 0 Å². The summed E-state index contributed by atoms with van der Waals surface area (Å²) in [4.78, 5) is 5.10. The van der Waals surface area contributed by atoms with Crippen LogP contribution in [0.4, 0.5) is 0 Å². The molecule has 0 aromatic carbocycles. The highest BCUT2D eigenvalue weighted by Gasteiger charge is 2.26. The van der Waals surface area contributed by atoms with Gasteiger partial charge in [0.15, 0.2) is 0 Å². The van der Waals surface area contributed by atoms with Crippen LogP contribution in [0.15, 0.2) is 10.6 Å². The van der Waals surface area contributed by atoms with E-state index in [-0.39, 0.29) is 0 Å². The standard InChI is InChI=1S/C13H22N4O/c1-11-8-12(15-18-11)10-16-4-6-17(7-5-16)13-2-3-14-9-13/h8,13-14H,2-7,9-10H2,1H3. The lowest BCUT2D eigenvalue weighted by Crippen LogP contribution is -2.50. The molecule has 1 atom stereocenters. The Kier molecular flexibility index (Phi) is 3.63. The molecule has 3 heterocycles. The highest BCUT2D eigenvalue weighted by atomic mass is 16.5. The third-order valence-corrected chi connectivity index (χ3v) is 4.02. The zero-order valence-electron chi connectivity index (χ0n) is 11.1. The van der Waals surface area contributed by atoms with Crippen LogP contribution in [-0.2, 0) is 6.54 Å². The van der Waals surface area contributed by atoms with Crippen molar-refractivity contribution in [2.75, 3.05) is 39.3 Å². The minimum atomic E-state index is 0.765. The minimum Gasteiger partial charge on any atom is -0.361 e. The first kappa shape index (κ1) is 12.1. The summed E-state index contributed by atoms with van der Waals surface area (Å²) in [5.41, 5.74) is 1.06. The maximum absolute atomic E-state index is 5.11. The third kappa shape index (κ3) is 2.74. The molecule has 3 rings (SSSR count). The summed E-state index contributed by atoms with van der Waals surface area (Å²) in [5, 5.41) is 7.51. The highest BCUT2D eigenvalue weighted by Crippen LogP contribution is 2.13. The van der Waals surface area contributed by atoms with Gasteiger partial charge in [-0.3, -0.25) is 9.80 Å². The van der Waals surface area contributed by atoms with Crippen molar-refractivity contribution in [3.8, 4) is 0 Å². The van der Waals surface area contributed by atoms with Gasteiger partial charge in [0.25, 0.3) is 0 Å². The molecule has 5 heteroatoms. The molecule has 0 aliphatic carbocycles. The zero-order valence-corrected chi connectivity index (χ0v) is 11.1. The molecule has 0 bridgehead atoms. The summed E-state index contributed by atoms with van der Waals surface area (Å²) in [6.07, 6.45) is 1.31. The molecule has 2 saturated heterocycles. The van der Waals surface area contributed by atoms with Gasteiger partial charge in [-0.2, -0.15) is 0 Å². The number of hydrogen-bond acceptors (Lipinski definition) is 5. The molecular formula is C13H22N4O. The summed E-state index contributed by atoms with van der Waals surface area (Å²) in [6.45, 7) is 9.87. The Labute approximate surface area is 108 Å². The molecule has 1 aromatic heterocycles. The molecule has 100 valence electrons. The Hall–Kier alpha value is -0.910. The van der Waals surface area contributed by atoms with Crippen LogP contribution in [0.2, 0.25) is 0 Å². The lowest BCUT2D eigenvalue weighted by atomic mass is 10.2. The van der Waals surface area contributed by atoms with Gasteiger partial charge in [0.05, 0.1) is 5.69 Å². The molecule has 0 amide bonds. The summed E-state index contributed by atoms with van der Waals surface area (Å²) < 4.78 is 5.11. The number of nitrogens with zero attached hydrogens (tertiary/aromatic N) is 3. The Morgan fingerprint density at radius 2 is 2.22 bits per heavy atom. The van der Waals surface area contributed by atoms with Gasteiger partial charge in [-0.15, -0.1) is 0 Å². The molecule has 1 unspecified atom stereocenters. The van der Waals surface area contributed by atoms with Crippen molar-refractivity contribution in [3.63, 3.8) is 0 Å². The van der Waals surface area contributed by atoms with Crippen LogP contribution in [0.5, 0.6) is 0 Å². The predicted octanol–water partition coefficient (Wildman–Crippen LogP) is 0.463. The van der Waals surface area contributed by atoms with E-state index in [1.54, 1.807) is 0 Å². The quantitative estimate of drug-likeness (QED) is 0.844. The van der Waals surface area contributed by atoms with E-state index in [0.717, 1.165) is 37.1 Å². The molecule has 2 fully saturated rings. The summed E-state index contributed by atoms with van der Waals surface area (Å²) >= 11 is 0. The Morgan fingerprint density at radius 3 is 2.83 bits per heavy atom. The first-order chi connectivity index (χ1) is 8.81. The zero-order chi connectivity index (χ0) is 12.4. The van der Waals surface area contributed by atoms with E-state index in [4.69, 9.17) is 4.52 Å². The van der Waals surface area contributed by atoms with Crippen molar-refractivity contribution in [1.29, 1.82) is 0 Å². The number of nitrogens with one attached hydrogen (secondary N) is 1. The van der Waals surface area contributed by atoms with E-state index >= 15 is 0 Å². The van der Waals surface area contributed by atoms with Crippen LogP contribution in [-0.4, -0.2) is 60.3 Å². The predicted molar refractivity (Wildman–Crippen MR) is 69.4 cm³/mol. The van der Waals surface area contributed by atoms with E-state index in [1.807, 2.05) is 13.0 Å². The Morgan fingerprint density at radius 1 is 1.39 bits per heavy atom. The van der Waals surface area contributed by atoms with Crippen LogP contribution in [0, 0.1) is 6.92 Å². The normalized spacial score (nSPS) is 26.8. The second kappa shape index (κ2) is 5.38. The van der Waals surface area contributed by atoms with E-state index in [1.165, 1.54) is 32.6 Å². The number of piperazine rings is 1. The largest absolute Gasteiger partial charge is 0.361 e. The van der Waals surface area contributed by atoms with Crippen molar-refractivity contribution >= 4 is 0 Å². The fraction of sp³-hybridized carbons (Fsp3) is 0.769. The smallest absolute Gasteiger partial charge is 0.133 e. The number of aryl methyl sites for hydroxylation is 1. The molecule has 0 radical (unpaired) electrons. The number of aromatic nitrogens is 1. The van der Waals surface area contributed by atoms with Crippen LogP contribution in [0.3, 0.4) is 0 Å². The lowest BCUT2D eigenvalue weighted by Gasteiger charge is -2.37. The maximum atomic E-state index is 5.11. The monoisotopic (exact) mass is 250 g/mol. The van der Waals surface area contributed by atoms with Crippen molar-refractivity contribution in [2.24, 2.45) is 0 Å². The topological polar surface area (TPSA) is 44.5 Å². The third-order valence-electron chi connectivity index (χ3n) is 4.02. The van der Waals surface area contributed by atoms with E-state index in [0.29, 0.717) is 0 Å². The van der Waals surface area contributed by atoms with Crippen molar-refractivity contribution in [3.05, 3.63) is 17.5 Å². The van der Waals surface area contributed by atoms with Crippen LogP contribution in [0.1, 0.15) is 17.9 Å². The molecule has 0 spiro atoms. The van der Waals surface area contributed by atoms with Crippen molar-refractivity contribution < 1.29 is 4.52 Å². The van der Waals surface area contributed by atoms with E-state index < -0.39 is 0 Å². The van der Waals surface area contributed by atoms with Gasteiger partial charge in [0.1, 0.15) is 5.76 Å². The first-order valence-corrected chi connectivity index (χ1v) is 6.90. The van der Waals surface area contributed by atoms with Gasteiger partial charge in [-0.1, -0.05) is 5.16 Å². The second-order valence-corrected chi connectivity index (χ2v) is 5.39. The number of hydrogen-bond donors (Lipinski definition) is 1. The van der Waals surface area contributed by atoms with Gasteiger partial charge in [-0.25, -0.2) is 0 Å². The minimum absolute atomic E-state index is 0.765. The van der Waals surface area contributed by atoms with Gasteiger partial charge in [-0.05, 0) is 19.9 Å². The van der Waals surface area contributed by atoms with E-state index in [9.17, 15) is 0 Å². The van der Waals surface area contributed by atoms with Crippen molar-refractivity contribution in [1.82, 2.24) is 20.3 Å². The molecule has 2 aliphatic rings. The summed E-state index contributed by atoms with van der Waals surface area (Å²) in [5.74, 6) is 0.903. The fourth-order valence-electron chi connectivity index (χ4n) is 2.96. The average molecular weight is 250 g/mol. The number of rotatable bonds is 3. The second-order valence-electron chi connectivity index (χ2n) is 5.39. The van der Waals surface area contributed by atoms with Crippen molar-refractivity contribution in [2.45, 2.75) is 25.9 Å². The van der Waals surface area contributed by atoms with Crippen LogP contribution >= 0.6 is 0 Å². The molecule has 0 saturated carbocycles. The van der Waals surface area contributed by atoms with E-state index in [2.05, 4.69) is 20.3 Å². The molecule has 5 nitrogen and oxygen atoms in total. The molecule has 1 N–H and O–H groups in total. The fourth-order valence-corrected chi connectivity index (χ4v) is 2.96. The van der Waals surface area contributed by atoms with Crippen LogP contribution < -0.4 is 5.32 Å². The maximum Gasteiger partial charge on any atom is 0.133 e. The molecule has 18 heavy (non-hydrogen) atoms. The average Bonchev–Trinajstić information content (AvgIpc) is 3.02. The SMILES string of the molecule is Cc1cc(CN2CCN(C3CCNC3)CC2)no1.